The number of aryl methyl sites for hydroxylation is 1. The van der Waals surface area contributed by atoms with Crippen LogP contribution >= 0.6 is 0 Å². The molecule has 1 heterocycles. The number of carbonyl (C=O) groups excluding carboxylic acids is 1. The Bertz CT molecular complexity index is 848. The predicted molar refractivity (Wildman–Crippen MR) is 111 cm³/mol. The van der Waals surface area contributed by atoms with Gasteiger partial charge in [0.25, 0.3) is 5.91 Å². The van der Waals surface area contributed by atoms with E-state index in [2.05, 4.69) is 19.2 Å². The first-order valence-electron chi connectivity index (χ1n) is 9.82. The van der Waals surface area contributed by atoms with Gasteiger partial charge in [0.15, 0.2) is 0 Å². The molecule has 1 amide bonds. The Balaban J connectivity index is 1.93. The summed E-state index contributed by atoms with van der Waals surface area (Å²) in [6.45, 7) is 7.50. The van der Waals surface area contributed by atoms with E-state index in [9.17, 15) is 14.7 Å². The largest absolute Gasteiger partial charge is 0.480 e. The van der Waals surface area contributed by atoms with E-state index >= 15 is 0 Å². The second-order valence-electron chi connectivity index (χ2n) is 7.89. The van der Waals surface area contributed by atoms with Crippen molar-refractivity contribution >= 4 is 17.6 Å². The van der Waals surface area contributed by atoms with E-state index in [4.69, 9.17) is 0 Å². The van der Waals surface area contributed by atoms with Gasteiger partial charge in [0.2, 0.25) is 0 Å². The lowest BCUT2D eigenvalue weighted by atomic mass is 9.90. The van der Waals surface area contributed by atoms with Crippen LogP contribution in [0.3, 0.4) is 0 Å². The van der Waals surface area contributed by atoms with Crippen molar-refractivity contribution in [3.05, 3.63) is 65.2 Å². The zero-order valence-corrected chi connectivity index (χ0v) is 16.7. The van der Waals surface area contributed by atoms with Crippen molar-refractivity contribution in [3.63, 3.8) is 0 Å². The molecule has 1 fully saturated rings. The van der Waals surface area contributed by atoms with E-state index in [0.717, 1.165) is 23.2 Å². The molecule has 2 aromatic rings. The minimum Gasteiger partial charge on any atom is -0.480 e. The molecule has 2 unspecified atom stereocenters. The summed E-state index contributed by atoms with van der Waals surface area (Å²) in [4.78, 5) is 26.5. The zero-order valence-electron chi connectivity index (χ0n) is 16.7. The monoisotopic (exact) mass is 380 g/mol. The van der Waals surface area contributed by atoms with Gasteiger partial charge in [-0.05, 0) is 55.1 Å². The van der Waals surface area contributed by atoms with Gasteiger partial charge < -0.3 is 15.3 Å². The van der Waals surface area contributed by atoms with Crippen LogP contribution in [0.25, 0.3) is 0 Å². The lowest BCUT2D eigenvalue weighted by Gasteiger charge is -2.27. The van der Waals surface area contributed by atoms with Crippen LogP contribution < -0.4 is 10.2 Å². The standard InChI is InChI=1S/C23H28N2O3/c1-15(2)14-25(22(26)17-7-5-4-6-8-17)20-10-9-18(13-16(20)3)19-11-12-24-21(19)23(27)28/h4-10,13,15,19,21,24H,11-12,14H2,1-3H3,(H,27,28). The molecule has 3 rings (SSSR count). The number of benzene rings is 2. The van der Waals surface area contributed by atoms with Crippen molar-refractivity contribution in [2.45, 2.75) is 39.2 Å². The van der Waals surface area contributed by atoms with Crippen LogP contribution in [0.4, 0.5) is 5.69 Å². The highest BCUT2D eigenvalue weighted by molar-refractivity contribution is 6.06. The second kappa shape index (κ2) is 8.57. The van der Waals surface area contributed by atoms with Crippen molar-refractivity contribution in [1.29, 1.82) is 0 Å². The van der Waals surface area contributed by atoms with Crippen LogP contribution in [0.5, 0.6) is 0 Å². The number of hydrogen-bond acceptors (Lipinski definition) is 3. The highest BCUT2D eigenvalue weighted by Gasteiger charge is 2.34. The average molecular weight is 380 g/mol. The molecule has 28 heavy (non-hydrogen) atoms. The number of anilines is 1. The normalized spacial score (nSPS) is 19.0. The maximum absolute atomic E-state index is 13.2. The highest BCUT2D eigenvalue weighted by Crippen LogP contribution is 2.32. The van der Waals surface area contributed by atoms with E-state index in [0.29, 0.717) is 24.6 Å². The Morgan fingerprint density at radius 2 is 1.89 bits per heavy atom. The summed E-state index contributed by atoms with van der Waals surface area (Å²) in [5.74, 6) is -0.559. The number of nitrogens with zero attached hydrogens (tertiary/aromatic N) is 1. The van der Waals surface area contributed by atoms with E-state index in [1.165, 1.54) is 0 Å². The molecule has 1 aliphatic heterocycles. The summed E-state index contributed by atoms with van der Waals surface area (Å²) in [5, 5.41) is 12.5. The minimum absolute atomic E-state index is 0.0175. The summed E-state index contributed by atoms with van der Waals surface area (Å²) < 4.78 is 0. The van der Waals surface area contributed by atoms with Crippen LogP contribution in [0.1, 0.15) is 47.7 Å². The number of carbonyl (C=O) groups is 2. The molecule has 1 saturated heterocycles. The van der Waals surface area contributed by atoms with Crippen molar-refractivity contribution < 1.29 is 14.7 Å². The van der Waals surface area contributed by atoms with Crippen LogP contribution in [0.2, 0.25) is 0 Å². The summed E-state index contributed by atoms with van der Waals surface area (Å²) in [6, 6.07) is 14.7. The number of carboxylic acids is 1. The van der Waals surface area contributed by atoms with E-state index in [-0.39, 0.29) is 11.8 Å². The van der Waals surface area contributed by atoms with Crippen molar-refractivity contribution in [2.75, 3.05) is 18.0 Å². The predicted octanol–water partition coefficient (Wildman–Crippen LogP) is 3.83. The summed E-state index contributed by atoms with van der Waals surface area (Å²) in [6.07, 6.45) is 0.800. The van der Waals surface area contributed by atoms with Crippen LogP contribution in [0, 0.1) is 12.8 Å². The fourth-order valence-corrected chi connectivity index (χ4v) is 3.93. The molecule has 2 N–H and O–H groups in total. The highest BCUT2D eigenvalue weighted by atomic mass is 16.4. The third-order valence-corrected chi connectivity index (χ3v) is 5.24. The number of aliphatic carboxylic acids is 1. The smallest absolute Gasteiger partial charge is 0.321 e. The van der Waals surface area contributed by atoms with Gasteiger partial charge in [-0.25, -0.2) is 0 Å². The maximum atomic E-state index is 13.2. The molecular formula is C23H28N2O3. The Hall–Kier alpha value is -2.66. The number of nitrogens with one attached hydrogen (secondary N) is 1. The molecule has 2 atom stereocenters. The molecule has 2 aromatic carbocycles. The fraction of sp³-hybridized carbons (Fsp3) is 0.391. The van der Waals surface area contributed by atoms with Gasteiger partial charge in [-0.2, -0.15) is 0 Å². The van der Waals surface area contributed by atoms with Gasteiger partial charge in [0, 0.05) is 23.7 Å². The first-order valence-corrected chi connectivity index (χ1v) is 9.82. The zero-order chi connectivity index (χ0) is 20.3. The molecular weight excluding hydrogens is 352 g/mol. The third-order valence-electron chi connectivity index (χ3n) is 5.24. The van der Waals surface area contributed by atoms with Gasteiger partial charge in [0.1, 0.15) is 6.04 Å². The van der Waals surface area contributed by atoms with E-state index < -0.39 is 12.0 Å². The molecule has 0 bridgehead atoms. The fourth-order valence-electron chi connectivity index (χ4n) is 3.93. The molecule has 5 heteroatoms. The SMILES string of the molecule is Cc1cc(C2CCNC2C(=O)O)ccc1N(CC(C)C)C(=O)c1ccccc1. The Kier molecular flexibility index (Phi) is 6.15. The molecule has 148 valence electrons. The van der Waals surface area contributed by atoms with Crippen molar-refractivity contribution in [3.8, 4) is 0 Å². The van der Waals surface area contributed by atoms with Gasteiger partial charge >= 0.3 is 5.97 Å². The molecule has 0 aromatic heterocycles. The quantitative estimate of drug-likeness (QED) is 0.799. The Morgan fingerprint density at radius 3 is 2.50 bits per heavy atom. The first-order chi connectivity index (χ1) is 13.4. The van der Waals surface area contributed by atoms with Crippen LogP contribution in [-0.2, 0) is 4.79 Å². The third kappa shape index (κ3) is 4.25. The summed E-state index contributed by atoms with van der Waals surface area (Å²) in [7, 11) is 0. The van der Waals surface area contributed by atoms with Gasteiger partial charge in [-0.15, -0.1) is 0 Å². The van der Waals surface area contributed by atoms with Crippen molar-refractivity contribution in [1.82, 2.24) is 5.32 Å². The Morgan fingerprint density at radius 1 is 1.18 bits per heavy atom. The molecule has 0 radical (unpaired) electrons. The molecule has 0 aliphatic carbocycles. The van der Waals surface area contributed by atoms with Crippen LogP contribution in [0.15, 0.2) is 48.5 Å². The second-order valence-corrected chi connectivity index (χ2v) is 7.89. The van der Waals surface area contributed by atoms with Gasteiger partial charge in [-0.3, -0.25) is 9.59 Å². The topological polar surface area (TPSA) is 69.6 Å². The lowest BCUT2D eigenvalue weighted by molar-refractivity contribution is -0.139. The number of hydrogen-bond donors (Lipinski definition) is 2. The van der Waals surface area contributed by atoms with Crippen LogP contribution in [-0.4, -0.2) is 36.1 Å². The average Bonchev–Trinajstić information content (AvgIpc) is 3.16. The van der Waals surface area contributed by atoms with Crippen molar-refractivity contribution in [2.24, 2.45) is 5.92 Å². The molecule has 0 spiro atoms. The number of rotatable bonds is 6. The molecule has 0 saturated carbocycles. The first kappa shape index (κ1) is 20.1. The number of amides is 1. The molecule has 1 aliphatic rings. The molecule has 5 nitrogen and oxygen atoms in total. The Labute approximate surface area is 166 Å². The van der Waals surface area contributed by atoms with Gasteiger partial charge in [-0.1, -0.05) is 44.2 Å². The summed E-state index contributed by atoms with van der Waals surface area (Å²) in [5.41, 5.74) is 3.54. The maximum Gasteiger partial charge on any atom is 0.321 e. The lowest BCUT2D eigenvalue weighted by Crippen LogP contribution is -2.35. The van der Waals surface area contributed by atoms with E-state index in [1.54, 1.807) is 0 Å². The number of carboxylic acid groups (broad SMARTS) is 1. The summed E-state index contributed by atoms with van der Waals surface area (Å²) >= 11 is 0. The minimum atomic E-state index is -0.815. The van der Waals surface area contributed by atoms with E-state index in [1.807, 2.05) is 60.4 Å². The van der Waals surface area contributed by atoms with Gasteiger partial charge in [0.05, 0.1) is 0 Å².